The summed E-state index contributed by atoms with van der Waals surface area (Å²) in [5, 5.41) is 7.71. The highest BCUT2D eigenvalue weighted by atomic mass is 19.1. The van der Waals surface area contributed by atoms with Crippen LogP contribution in [0.4, 0.5) is 4.39 Å². The molecule has 0 spiro atoms. The predicted molar refractivity (Wildman–Crippen MR) is 81.1 cm³/mol. The van der Waals surface area contributed by atoms with Gasteiger partial charge in [-0.3, -0.25) is 0 Å². The van der Waals surface area contributed by atoms with Crippen LogP contribution in [0.15, 0.2) is 18.2 Å². The van der Waals surface area contributed by atoms with Gasteiger partial charge >= 0.3 is 0 Å². The Labute approximate surface area is 124 Å². The number of benzene rings is 1. The van der Waals surface area contributed by atoms with Crippen molar-refractivity contribution in [1.29, 1.82) is 0 Å². The molecule has 1 heterocycles. The molecule has 1 N–H and O–H groups in total. The Morgan fingerprint density at radius 1 is 1.33 bits per heavy atom. The molecule has 2 aromatic rings. The summed E-state index contributed by atoms with van der Waals surface area (Å²) in [5.74, 6) is 0.427. The second kappa shape index (κ2) is 6.26. The Morgan fingerprint density at radius 2 is 2.05 bits per heavy atom. The Morgan fingerprint density at radius 3 is 2.71 bits per heavy atom. The summed E-state index contributed by atoms with van der Waals surface area (Å²) in [6, 6.07) is 5.18. The third kappa shape index (κ3) is 3.61. The fourth-order valence-electron chi connectivity index (χ4n) is 2.11. The first-order chi connectivity index (χ1) is 9.88. The van der Waals surface area contributed by atoms with Crippen LogP contribution >= 0.6 is 0 Å². The van der Waals surface area contributed by atoms with Crippen molar-refractivity contribution in [3.05, 3.63) is 40.8 Å². The monoisotopic (exact) mass is 291 g/mol. The second-order valence-corrected chi connectivity index (χ2v) is 5.56. The standard InChI is InChI=1S/C16H22FN3O/c1-10(2)18-9-13-12(4)19-20(5)16(13)21-15-8-11(3)6-7-14(15)17/h6-8,10,18H,9H2,1-5H3. The van der Waals surface area contributed by atoms with Crippen molar-refractivity contribution < 1.29 is 9.13 Å². The second-order valence-electron chi connectivity index (χ2n) is 5.56. The maximum atomic E-state index is 13.9. The normalized spacial score (nSPS) is 11.2. The molecule has 0 radical (unpaired) electrons. The minimum absolute atomic E-state index is 0.226. The molecule has 0 unspecified atom stereocenters. The molecule has 0 saturated carbocycles. The maximum absolute atomic E-state index is 13.9. The van der Waals surface area contributed by atoms with Crippen molar-refractivity contribution in [2.24, 2.45) is 7.05 Å². The van der Waals surface area contributed by atoms with E-state index in [1.54, 1.807) is 23.9 Å². The molecule has 0 aliphatic heterocycles. The fourth-order valence-corrected chi connectivity index (χ4v) is 2.11. The van der Waals surface area contributed by atoms with E-state index in [4.69, 9.17) is 4.74 Å². The Hall–Kier alpha value is -1.88. The van der Waals surface area contributed by atoms with Crippen LogP contribution in [0.25, 0.3) is 0 Å². The van der Waals surface area contributed by atoms with Crippen molar-refractivity contribution >= 4 is 0 Å². The summed E-state index contributed by atoms with van der Waals surface area (Å²) in [6.45, 7) is 8.62. The molecule has 0 amide bonds. The molecule has 4 nitrogen and oxygen atoms in total. The van der Waals surface area contributed by atoms with E-state index in [-0.39, 0.29) is 11.6 Å². The van der Waals surface area contributed by atoms with Crippen LogP contribution in [-0.2, 0) is 13.6 Å². The van der Waals surface area contributed by atoms with E-state index >= 15 is 0 Å². The van der Waals surface area contributed by atoms with Crippen molar-refractivity contribution in [1.82, 2.24) is 15.1 Å². The molecule has 0 saturated heterocycles. The minimum Gasteiger partial charge on any atom is -0.436 e. The average molecular weight is 291 g/mol. The van der Waals surface area contributed by atoms with Gasteiger partial charge in [0.15, 0.2) is 11.6 Å². The molecule has 21 heavy (non-hydrogen) atoms. The topological polar surface area (TPSA) is 39.1 Å². The van der Waals surface area contributed by atoms with E-state index in [9.17, 15) is 4.39 Å². The lowest BCUT2D eigenvalue weighted by Crippen LogP contribution is -2.22. The highest BCUT2D eigenvalue weighted by Gasteiger charge is 2.17. The largest absolute Gasteiger partial charge is 0.436 e. The van der Waals surface area contributed by atoms with Gasteiger partial charge in [-0.1, -0.05) is 19.9 Å². The molecule has 1 aromatic heterocycles. The number of nitrogens with one attached hydrogen (secondary N) is 1. The number of aryl methyl sites for hydroxylation is 3. The number of halogens is 1. The number of aromatic nitrogens is 2. The lowest BCUT2D eigenvalue weighted by Gasteiger charge is -2.12. The molecule has 0 fully saturated rings. The maximum Gasteiger partial charge on any atom is 0.222 e. The zero-order valence-electron chi connectivity index (χ0n) is 13.2. The molecule has 0 aliphatic carbocycles. The van der Waals surface area contributed by atoms with Crippen LogP contribution < -0.4 is 10.1 Å². The molecular formula is C16H22FN3O. The Kier molecular flexibility index (Phi) is 4.63. The third-order valence-electron chi connectivity index (χ3n) is 3.27. The lowest BCUT2D eigenvalue weighted by molar-refractivity contribution is 0.397. The summed E-state index contributed by atoms with van der Waals surface area (Å²) >= 11 is 0. The quantitative estimate of drug-likeness (QED) is 0.917. The zero-order valence-corrected chi connectivity index (χ0v) is 13.2. The fraction of sp³-hybridized carbons (Fsp3) is 0.438. The highest BCUT2D eigenvalue weighted by Crippen LogP contribution is 2.29. The van der Waals surface area contributed by atoms with Crippen LogP contribution in [0.3, 0.4) is 0 Å². The molecule has 5 heteroatoms. The molecule has 0 bridgehead atoms. The molecule has 0 aliphatic rings. The van der Waals surface area contributed by atoms with Gasteiger partial charge in [0.25, 0.3) is 0 Å². The van der Waals surface area contributed by atoms with E-state index in [0.29, 0.717) is 18.5 Å². The summed E-state index contributed by atoms with van der Waals surface area (Å²) in [7, 11) is 1.80. The van der Waals surface area contributed by atoms with Gasteiger partial charge in [0.05, 0.1) is 11.3 Å². The van der Waals surface area contributed by atoms with Crippen LogP contribution in [0.2, 0.25) is 0 Å². The number of hydrogen-bond acceptors (Lipinski definition) is 3. The average Bonchev–Trinajstić information content (AvgIpc) is 2.66. The van der Waals surface area contributed by atoms with Gasteiger partial charge in [-0.2, -0.15) is 5.10 Å². The van der Waals surface area contributed by atoms with Crippen LogP contribution in [-0.4, -0.2) is 15.8 Å². The van der Waals surface area contributed by atoms with Crippen molar-refractivity contribution in [2.75, 3.05) is 0 Å². The van der Waals surface area contributed by atoms with Gasteiger partial charge in [-0.05, 0) is 31.5 Å². The van der Waals surface area contributed by atoms with Crippen molar-refractivity contribution in [3.8, 4) is 11.6 Å². The first-order valence-corrected chi connectivity index (χ1v) is 7.08. The predicted octanol–water partition coefficient (Wildman–Crippen LogP) is 3.47. The zero-order chi connectivity index (χ0) is 15.6. The number of nitrogens with zero attached hydrogens (tertiary/aromatic N) is 2. The van der Waals surface area contributed by atoms with E-state index in [0.717, 1.165) is 16.8 Å². The number of hydrogen-bond donors (Lipinski definition) is 1. The smallest absolute Gasteiger partial charge is 0.222 e. The Balaban J connectivity index is 2.32. The van der Waals surface area contributed by atoms with Gasteiger partial charge in [0, 0.05) is 19.6 Å². The molecule has 1 aromatic carbocycles. The summed E-state index contributed by atoms with van der Waals surface area (Å²) in [5.41, 5.74) is 2.79. The van der Waals surface area contributed by atoms with Crippen molar-refractivity contribution in [2.45, 2.75) is 40.3 Å². The molecule has 0 atom stereocenters. The SMILES string of the molecule is Cc1ccc(F)c(Oc2c(CNC(C)C)c(C)nn2C)c1. The van der Waals surface area contributed by atoms with Gasteiger partial charge in [0.1, 0.15) is 0 Å². The molecule has 2 rings (SSSR count). The van der Waals surface area contributed by atoms with Crippen LogP contribution in [0.1, 0.15) is 30.7 Å². The third-order valence-corrected chi connectivity index (χ3v) is 3.27. The molecule has 114 valence electrons. The van der Waals surface area contributed by atoms with E-state index in [1.807, 2.05) is 13.8 Å². The lowest BCUT2D eigenvalue weighted by atomic mass is 10.2. The van der Waals surface area contributed by atoms with Crippen LogP contribution in [0, 0.1) is 19.7 Å². The van der Waals surface area contributed by atoms with Gasteiger partial charge in [-0.15, -0.1) is 0 Å². The first-order valence-electron chi connectivity index (χ1n) is 7.08. The van der Waals surface area contributed by atoms with Gasteiger partial charge in [-0.25, -0.2) is 9.07 Å². The van der Waals surface area contributed by atoms with Crippen molar-refractivity contribution in [3.63, 3.8) is 0 Å². The minimum atomic E-state index is -0.373. The van der Waals surface area contributed by atoms with Crippen LogP contribution in [0.5, 0.6) is 11.6 Å². The van der Waals surface area contributed by atoms with E-state index in [1.165, 1.54) is 6.07 Å². The summed E-state index contributed by atoms with van der Waals surface area (Å²) < 4.78 is 21.3. The van der Waals surface area contributed by atoms with E-state index < -0.39 is 0 Å². The van der Waals surface area contributed by atoms with Gasteiger partial charge in [0.2, 0.25) is 5.88 Å². The Bertz CT molecular complexity index is 635. The summed E-state index contributed by atoms with van der Waals surface area (Å²) in [6.07, 6.45) is 0. The van der Waals surface area contributed by atoms with Gasteiger partial charge < -0.3 is 10.1 Å². The molecular weight excluding hydrogens is 269 g/mol. The van der Waals surface area contributed by atoms with E-state index in [2.05, 4.69) is 24.3 Å². The summed E-state index contributed by atoms with van der Waals surface area (Å²) in [4.78, 5) is 0. The first kappa shape index (κ1) is 15.5. The highest BCUT2D eigenvalue weighted by molar-refractivity contribution is 5.37. The number of rotatable bonds is 5. The number of ether oxygens (including phenoxy) is 1.